The van der Waals surface area contributed by atoms with E-state index in [1.807, 2.05) is 0 Å². The Kier molecular flexibility index (Phi) is 6.50. The smallest absolute Gasteiger partial charge is 0.296 e. The van der Waals surface area contributed by atoms with E-state index in [1.54, 1.807) is 6.07 Å². The van der Waals surface area contributed by atoms with Gasteiger partial charge in [-0.05, 0) is 30.9 Å². The molecule has 1 aromatic carbocycles. The highest BCUT2D eigenvalue weighted by Gasteiger charge is 2.32. The number of hydrogen-bond acceptors (Lipinski definition) is 9. The molecule has 0 spiro atoms. The monoisotopic (exact) mass is 446 g/mol. The Bertz CT molecular complexity index is 985. The molecule has 4 rings (SSSR count). The molecule has 2 heterocycles. The second-order valence-corrected chi connectivity index (χ2v) is 8.48. The molecule has 1 aliphatic heterocycles. The first-order valence-electron chi connectivity index (χ1n) is 10.1. The van der Waals surface area contributed by atoms with Crippen LogP contribution in [-0.2, 0) is 4.79 Å². The van der Waals surface area contributed by atoms with Crippen LogP contribution in [0.15, 0.2) is 18.2 Å². The number of carbonyl (C=O) groups excluding carboxylic acids is 2. The predicted molar refractivity (Wildman–Crippen MR) is 116 cm³/mol. The van der Waals surface area contributed by atoms with E-state index in [2.05, 4.69) is 25.6 Å². The summed E-state index contributed by atoms with van der Waals surface area (Å²) < 4.78 is 19.0. The molecule has 1 aliphatic carbocycles. The Morgan fingerprint density at radius 1 is 1.16 bits per heavy atom. The number of amides is 1. The minimum atomic E-state index is -0.533. The number of benzene rings is 1. The fraction of sp³-hybridized carbons (Fsp3) is 0.450. The molecule has 1 saturated heterocycles. The highest BCUT2D eigenvalue weighted by Crippen LogP contribution is 2.28. The molecule has 2 aliphatic rings. The molecule has 2 fully saturated rings. The van der Waals surface area contributed by atoms with E-state index in [0.29, 0.717) is 35.9 Å². The highest BCUT2D eigenvalue weighted by molar-refractivity contribution is 8.27. The van der Waals surface area contributed by atoms with Crippen molar-refractivity contribution >= 4 is 45.6 Å². The van der Waals surface area contributed by atoms with Gasteiger partial charge in [-0.25, -0.2) is 4.39 Å². The van der Waals surface area contributed by atoms with Gasteiger partial charge in [-0.15, -0.1) is 0 Å². The predicted octanol–water partition coefficient (Wildman–Crippen LogP) is 3.95. The Morgan fingerprint density at radius 2 is 1.94 bits per heavy atom. The van der Waals surface area contributed by atoms with Crippen LogP contribution in [0.2, 0.25) is 0 Å². The first kappa shape index (κ1) is 21.3. The maximum absolute atomic E-state index is 14.1. The molecule has 2 N–H and O–H groups in total. The van der Waals surface area contributed by atoms with Gasteiger partial charge in [-0.2, -0.15) is 15.0 Å². The first-order valence-corrected chi connectivity index (χ1v) is 11.0. The highest BCUT2D eigenvalue weighted by atomic mass is 32.2. The molecular formula is C20H23FN6O3S. The zero-order valence-corrected chi connectivity index (χ0v) is 17.9. The van der Waals surface area contributed by atoms with Gasteiger partial charge in [0, 0.05) is 30.1 Å². The summed E-state index contributed by atoms with van der Waals surface area (Å²) in [7, 11) is 1.39. The number of carbonyl (C=O) groups is 2. The summed E-state index contributed by atoms with van der Waals surface area (Å²) in [6.07, 6.45) is 5.99. The quantitative estimate of drug-likeness (QED) is 0.653. The fourth-order valence-corrected chi connectivity index (χ4v) is 4.30. The van der Waals surface area contributed by atoms with Crippen molar-refractivity contribution in [2.24, 2.45) is 5.92 Å². The van der Waals surface area contributed by atoms with E-state index < -0.39 is 11.1 Å². The third kappa shape index (κ3) is 5.22. The van der Waals surface area contributed by atoms with Crippen LogP contribution in [0.5, 0.6) is 5.75 Å². The largest absolute Gasteiger partial charge is 0.494 e. The Labute approximate surface area is 183 Å². The topological polar surface area (TPSA) is 109 Å². The second kappa shape index (κ2) is 9.46. The van der Waals surface area contributed by atoms with Gasteiger partial charge >= 0.3 is 0 Å². The lowest BCUT2D eigenvalue weighted by molar-refractivity contribution is -0.109. The summed E-state index contributed by atoms with van der Waals surface area (Å²) in [5.74, 6) is 0.624. The molecule has 0 unspecified atom stereocenters. The lowest BCUT2D eigenvalue weighted by Crippen LogP contribution is -2.27. The zero-order chi connectivity index (χ0) is 21.8. The third-order valence-corrected chi connectivity index (χ3v) is 6.01. The molecule has 164 valence electrons. The van der Waals surface area contributed by atoms with E-state index in [4.69, 9.17) is 4.74 Å². The Morgan fingerprint density at radius 3 is 2.61 bits per heavy atom. The fourth-order valence-electron chi connectivity index (χ4n) is 3.65. The van der Waals surface area contributed by atoms with Gasteiger partial charge in [0.1, 0.15) is 0 Å². The van der Waals surface area contributed by atoms with E-state index in [-0.39, 0.29) is 29.3 Å². The average molecular weight is 447 g/mol. The number of hydrogen-bond donors (Lipinski definition) is 2. The van der Waals surface area contributed by atoms with E-state index in [9.17, 15) is 14.0 Å². The van der Waals surface area contributed by atoms with Gasteiger partial charge in [0.25, 0.3) is 5.24 Å². The third-order valence-electron chi connectivity index (χ3n) is 5.26. The number of halogens is 1. The van der Waals surface area contributed by atoms with E-state index in [1.165, 1.54) is 43.4 Å². The van der Waals surface area contributed by atoms with Crippen LogP contribution in [0.3, 0.4) is 0 Å². The SMILES string of the molecule is COc1ccc(Nc2nc(NCC3CCCCC3)nc(N3CC(=O)SC3=O)n2)cc1F. The number of rotatable bonds is 7. The average Bonchev–Trinajstić information content (AvgIpc) is 3.11. The van der Waals surface area contributed by atoms with Crippen molar-refractivity contribution in [3.05, 3.63) is 24.0 Å². The summed E-state index contributed by atoms with van der Waals surface area (Å²) in [6, 6.07) is 4.38. The molecular weight excluding hydrogens is 423 g/mol. The molecule has 2 aromatic rings. The summed E-state index contributed by atoms with van der Waals surface area (Å²) in [5.41, 5.74) is 0.409. The maximum Gasteiger partial charge on any atom is 0.296 e. The number of methoxy groups -OCH3 is 1. The number of nitrogens with one attached hydrogen (secondary N) is 2. The molecule has 11 heteroatoms. The summed E-state index contributed by atoms with van der Waals surface area (Å²) in [5, 5.41) is 5.47. The second-order valence-electron chi connectivity index (χ2n) is 7.47. The van der Waals surface area contributed by atoms with Crippen molar-refractivity contribution < 1.29 is 18.7 Å². The van der Waals surface area contributed by atoms with Crippen LogP contribution < -0.4 is 20.3 Å². The number of nitrogens with zero attached hydrogens (tertiary/aromatic N) is 4. The Balaban J connectivity index is 1.58. The maximum atomic E-state index is 14.1. The van der Waals surface area contributed by atoms with E-state index >= 15 is 0 Å². The van der Waals surface area contributed by atoms with Crippen molar-refractivity contribution in [2.75, 3.05) is 35.7 Å². The van der Waals surface area contributed by atoms with Gasteiger partial charge in [-0.1, -0.05) is 19.3 Å². The number of ether oxygens (including phenoxy) is 1. The molecule has 9 nitrogen and oxygen atoms in total. The molecule has 0 atom stereocenters. The van der Waals surface area contributed by atoms with Crippen LogP contribution in [0.25, 0.3) is 0 Å². The minimum Gasteiger partial charge on any atom is -0.494 e. The lowest BCUT2D eigenvalue weighted by atomic mass is 9.89. The molecule has 1 saturated carbocycles. The van der Waals surface area contributed by atoms with Crippen LogP contribution in [0, 0.1) is 11.7 Å². The van der Waals surface area contributed by atoms with Gasteiger partial charge in [-0.3, -0.25) is 14.5 Å². The van der Waals surface area contributed by atoms with Gasteiger partial charge in [0.15, 0.2) is 11.6 Å². The molecule has 31 heavy (non-hydrogen) atoms. The summed E-state index contributed by atoms with van der Waals surface area (Å²) in [6.45, 7) is 0.605. The van der Waals surface area contributed by atoms with Crippen molar-refractivity contribution in [2.45, 2.75) is 32.1 Å². The van der Waals surface area contributed by atoms with E-state index in [0.717, 1.165) is 12.8 Å². The van der Waals surface area contributed by atoms with Gasteiger partial charge in [0.2, 0.25) is 23.0 Å². The van der Waals surface area contributed by atoms with Crippen LogP contribution in [0.1, 0.15) is 32.1 Å². The minimum absolute atomic E-state index is 0.0703. The van der Waals surface area contributed by atoms with Crippen molar-refractivity contribution in [1.29, 1.82) is 0 Å². The lowest BCUT2D eigenvalue weighted by Gasteiger charge is -2.22. The number of thioether (sulfide) groups is 1. The van der Waals surface area contributed by atoms with Crippen LogP contribution in [0.4, 0.5) is 32.7 Å². The zero-order valence-electron chi connectivity index (χ0n) is 17.1. The molecule has 0 radical (unpaired) electrons. The van der Waals surface area contributed by atoms with Crippen molar-refractivity contribution in [3.63, 3.8) is 0 Å². The van der Waals surface area contributed by atoms with Crippen LogP contribution in [-0.4, -0.2) is 45.5 Å². The summed E-state index contributed by atoms with van der Waals surface area (Å²) in [4.78, 5) is 38.0. The van der Waals surface area contributed by atoms with Gasteiger partial charge in [0.05, 0.1) is 13.7 Å². The molecule has 1 amide bonds. The molecule has 0 bridgehead atoms. The first-order chi connectivity index (χ1) is 15.0. The van der Waals surface area contributed by atoms with Crippen molar-refractivity contribution in [3.8, 4) is 5.75 Å². The number of anilines is 4. The normalized spacial score (nSPS) is 17.2. The van der Waals surface area contributed by atoms with Crippen molar-refractivity contribution in [1.82, 2.24) is 15.0 Å². The molecule has 1 aromatic heterocycles. The standard InChI is InChI=1S/C20H23FN6O3S/c1-30-15-8-7-13(9-14(15)21)23-18-24-17(22-10-12-5-3-2-4-6-12)25-19(26-18)27-11-16(28)31-20(27)29/h7-9,12H,2-6,10-11H2,1H3,(H2,22,23,24,25,26). The number of aromatic nitrogens is 3. The Hall–Kier alpha value is -2.95. The van der Waals surface area contributed by atoms with Gasteiger partial charge < -0.3 is 15.4 Å². The van der Waals surface area contributed by atoms with Crippen LogP contribution >= 0.6 is 11.8 Å². The summed E-state index contributed by atoms with van der Waals surface area (Å²) >= 11 is 0.625.